The van der Waals surface area contributed by atoms with E-state index in [2.05, 4.69) is 10.5 Å². The molecular weight excluding hydrogens is 306 g/mol. The molecule has 1 aromatic carbocycles. The summed E-state index contributed by atoms with van der Waals surface area (Å²) in [5, 5.41) is 7.31. The minimum absolute atomic E-state index is 0.0256. The third-order valence-corrected chi connectivity index (χ3v) is 4.57. The van der Waals surface area contributed by atoms with Crippen LogP contribution in [0.1, 0.15) is 28.6 Å². The molecule has 1 N–H and O–H groups in total. The van der Waals surface area contributed by atoms with Crippen molar-refractivity contribution < 1.29 is 14.1 Å². The van der Waals surface area contributed by atoms with E-state index in [1.165, 1.54) is 0 Å². The van der Waals surface area contributed by atoms with Crippen molar-refractivity contribution in [3.05, 3.63) is 46.8 Å². The number of nitrogens with one attached hydrogen (secondary N) is 1. The summed E-state index contributed by atoms with van der Waals surface area (Å²) in [6.45, 7) is 5.97. The summed E-state index contributed by atoms with van der Waals surface area (Å²) in [5.74, 6) is 1.64. The summed E-state index contributed by atoms with van der Waals surface area (Å²) in [7, 11) is 1.65. The van der Waals surface area contributed by atoms with Crippen molar-refractivity contribution in [2.75, 3.05) is 26.7 Å². The van der Waals surface area contributed by atoms with Gasteiger partial charge in [0, 0.05) is 25.2 Å². The van der Waals surface area contributed by atoms with Crippen LogP contribution in [0.2, 0.25) is 0 Å². The fourth-order valence-electron chi connectivity index (χ4n) is 3.13. The third-order valence-electron chi connectivity index (χ3n) is 4.57. The van der Waals surface area contributed by atoms with Gasteiger partial charge in [-0.2, -0.15) is 0 Å². The lowest BCUT2D eigenvalue weighted by molar-refractivity contribution is -0.133. The van der Waals surface area contributed by atoms with Gasteiger partial charge in [-0.1, -0.05) is 17.3 Å². The van der Waals surface area contributed by atoms with Crippen LogP contribution in [-0.4, -0.2) is 42.7 Å². The Hall–Kier alpha value is -2.34. The maximum absolute atomic E-state index is 12.9. The Labute approximate surface area is 141 Å². The molecule has 1 aliphatic rings. The molecule has 6 heteroatoms. The zero-order valence-corrected chi connectivity index (χ0v) is 14.3. The molecule has 1 amide bonds. The Bertz CT molecular complexity index is 689. The van der Waals surface area contributed by atoms with Gasteiger partial charge in [0.15, 0.2) is 0 Å². The van der Waals surface area contributed by atoms with Gasteiger partial charge in [-0.05, 0) is 31.5 Å². The van der Waals surface area contributed by atoms with Gasteiger partial charge in [0.25, 0.3) is 0 Å². The molecule has 1 unspecified atom stereocenters. The zero-order chi connectivity index (χ0) is 17.1. The number of aromatic nitrogens is 1. The number of aryl methyl sites for hydroxylation is 2. The number of rotatable bonds is 4. The van der Waals surface area contributed by atoms with Crippen molar-refractivity contribution in [3.63, 3.8) is 0 Å². The van der Waals surface area contributed by atoms with Gasteiger partial charge in [0.1, 0.15) is 11.5 Å². The predicted molar refractivity (Wildman–Crippen MR) is 90.0 cm³/mol. The molecule has 1 saturated heterocycles. The number of hydrogen-bond acceptors (Lipinski definition) is 5. The van der Waals surface area contributed by atoms with Gasteiger partial charge < -0.3 is 19.5 Å². The number of benzene rings is 1. The Morgan fingerprint density at radius 1 is 1.38 bits per heavy atom. The van der Waals surface area contributed by atoms with Gasteiger partial charge in [-0.25, -0.2) is 0 Å². The standard InChI is InChI=1S/C18H23N3O3/c1-12-16(13(2)24-20-12)10-18(22)21-9-8-19-11-17(21)14-4-6-15(23-3)7-5-14/h4-7,17,19H,8-11H2,1-3H3. The van der Waals surface area contributed by atoms with E-state index in [-0.39, 0.29) is 11.9 Å². The molecule has 0 spiro atoms. The number of ether oxygens (including phenoxy) is 1. The van der Waals surface area contributed by atoms with E-state index >= 15 is 0 Å². The molecule has 0 bridgehead atoms. The van der Waals surface area contributed by atoms with Crippen LogP contribution in [0.4, 0.5) is 0 Å². The molecule has 1 aromatic heterocycles. The molecule has 2 aromatic rings. The first-order chi connectivity index (χ1) is 11.6. The SMILES string of the molecule is COc1ccc(C2CNCCN2C(=O)Cc2c(C)noc2C)cc1. The Morgan fingerprint density at radius 2 is 2.12 bits per heavy atom. The fourth-order valence-corrected chi connectivity index (χ4v) is 3.13. The molecule has 2 heterocycles. The van der Waals surface area contributed by atoms with E-state index in [9.17, 15) is 4.79 Å². The number of carbonyl (C=O) groups is 1. The fraction of sp³-hybridized carbons (Fsp3) is 0.444. The maximum Gasteiger partial charge on any atom is 0.227 e. The summed E-state index contributed by atoms with van der Waals surface area (Å²) in [6, 6.07) is 7.93. The summed E-state index contributed by atoms with van der Waals surface area (Å²) in [4.78, 5) is 14.8. The second-order valence-electron chi connectivity index (χ2n) is 6.06. The molecule has 0 saturated carbocycles. The summed E-state index contributed by atoms with van der Waals surface area (Å²) >= 11 is 0. The zero-order valence-electron chi connectivity index (χ0n) is 14.3. The highest BCUT2D eigenvalue weighted by Gasteiger charge is 2.29. The minimum Gasteiger partial charge on any atom is -0.497 e. The minimum atomic E-state index is 0.0256. The molecule has 3 rings (SSSR count). The average Bonchev–Trinajstić information content (AvgIpc) is 2.93. The highest BCUT2D eigenvalue weighted by Crippen LogP contribution is 2.26. The number of amides is 1. The average molecular weight is 329 g/mol. The number of piperazine rings is 1. The van der Waals surface area contributed by atoms with Crippen LogP contribution in [0, 0.1) is 13.8 Å². The smallest absolute Gasteiger partial charge is 0.227 e. The van der Waals surface area contributed by atoms with Crippen molar-refractivity contribution in [2.24, 2.45) is 0 Å². The monoisotopic (exact) mass is 329 g/mol. The van der Waals surface area contributed by atoms with Crippen molar-refractivity contribution >= 4 is 5.91 Å². The first kappa shape index (κ1) is 16.5. The van der Waals surface area contributed by atoms with Gasteiger partial charge >= 0.3 is 0 Å². The Morgan fingerprint density at radius 3 is 2.75 bits per heavy atom. The van der Waals surface area contributed by atoms with Gasteiger partial charge in [0.2, 0.25) is 5.91 Å². The third kappa shape index (κ3) is 3.28. The molecule has 24 heavy (non-hydrogen) atoms. The van der Waals surface area contributed by atoms with Gasteiger partial charge in [-0.3, -0.25) is 4.79 Å². The lowest BCUT2D eigenvalue weighted by atomic mass is 10.0. The lowest BCUT2D eigenvalue weighted by Gasteiger charge is -2.36. The highest BCUT2D eigenvalue weighted by atomic mass is 16.5. The molecule has 128 valence electrons. The van der Waals surface area contributed by atoms with E-state index in [0.717, 1.165) is 41.4 Å². The molecule has 1 atom stereocenters. The molecule has 1 aliphatic heterocycles. The molecule has 0 radical (unpaired) electrons. The highest BCUT2D eigenvalue weighted by molar-refractivity contribution is 5.80. The van der Waals surface area contributed by atoms with E-state index in [0.29, 0.717) is 13.0 Å². The molecule has 1 fully saturated rings. The number of methoxy groups -OCH3 is 1. The van der Waals surface area contributed by atoms with E-state index in [4.69, 9.17) is 9.26 Å². The first-order valence-corrected chi connectivity index (χ1v) is 8.16. The van der Waals surface area contributed by atoms with Crippen LogP contribution in [0.25, 0.3) is 0 Å². The number of hydrogen-bond donors (Lipinski definition) is 1. The molecule has 0 aliphatic carbocycles. The predicted octanol–water partition coefficient (Wildman–Crippen LogP) is 2.02. The Balaban J connectivity index is 1.79. The van der Waals surface area contributed by atoms with Crippen molar-refractivity contribution in [2.45, 2.75) is 26.3 Å². The van der Waals surface area contributed by atoms with Crippen LogP contribution in [-0.2, 0) is 11.2 Å². The summed E-state index contributed by atoms with van der Waals surface area (Å²) in [6.07, 6.45) is 0.327. The van der Waals surface area contributed by atoms with Gasteiger partial charge in [0.05, 0.1) is 25.3 Å². The summed E-state index contributed by atoms with van der Waals surface area (Å²) < 4.78 is 10.4. The lowest BCUT2D eigenvalue weighted by Crippen LogP contribution is -2.49. The topological polar surface area (TPSA) is 67.6 Å². The normalized spacial score (nSPS) is 17.8. The van der Waals surface area contributed by atoms with Gasteiger partial charge in [-0.15, -0.1) is 0 Å². The number of nitrogens with zero attached hydrogens (tertiary/aromatic N) is 2. The maximum atomic E-state index is 12.9. The second-order valence-corrected chi connectivity index (χ2v) is 6.06. The quantitative estimate of drug-likeness (QED) is 0.929. The van der Waals surface area contributed by atoms with Crippen LogP contribution in [0.3, 0.4) is 0 Å². The van der Waals surface area contributed by atoms with Crippen molar-refractivity contribution in [3.8, 4) is 5.75 Å². The molecular formula is C18H23N3O3. The molecule has 6 nitrogen and oxygen atoms in total. The van der Waals surface area contributed by atoms with Crippen LogP contribution >= 0.6 is 0 Å². The number of carbonyl (C=O) groups excluding carboxylic acids is 1. The van der Waals surface area contributed by atoms with Crippen LogP contribution in [0.15, 0.2) is 28.8 Å². The van der Waals surface area contributed by atoms with E-state index in [1.807, 2.05) is 43.0 Å². The Kier molecular flexibility index (Phi) is 4.85. The van der Waals surface area contributed by atoms with E-state index < -0.39 is 0 Å². The van der Waals surface area contributed by atoms with Crippen LogP contribution < -0.4 is 10.1 Å². The summed E-state index contributed by atoms with van der Waals surface area (Å²) in [5.41, 5.74) is 2.79. The second kappa shape index (κ2) is 7.05. The van der Waals surface area contributed by atoms with Crippen molar-refractivity contribution in [1.29, 1.82) is 0 Å². The largest absolute Gasteiger partial charge is 0.497 e. The van der Waals surface area contributed by atoms with Crippen molar-refractivity contribution in [1.82, 2.24) is 15.4 Å². The van der Waals surface area contributed by atoms with E-state index in [1.54, 1.807) is 7.11 Å². The van der Waals surface area contributed by atoms with Crippen LogP contribution in [0.5, 0.6) is 5.75 Å². The first-order valence-electron chi connectivity index (χ1n) is 8.16.